The van der Waals surface area contributed by atoms with E-state index in [2.05, 4.69) is 35.9 Å². The third kappa shape index (κ3) is 3.99. The molecule has 0 aromatic carbocycles. The minimum atomic E-state index is 0.790. The highest BCUT2D eigenvalue weighted by Crippen LogP contribution is 2.17. The van der Waals surface area contributed by atoms with Crippen molar-refractivity contribution in [2.75, 3.05) is 39.5 Å². The zero-order valence-corrected chi connectivity index (χ0v) is 12.4. The van der Waals surface area contributed by atoms with Gasteiger partial charge in [0.15, 0.2) is 0 Å². The number of rotatable bonds is 7. The van der Waals surface area contributed by atoms with Gasteiger partial charge in [0.05, 0.1) is 5.69 Å². The SMILES string of the molecule is CCCN(CCN(C)C)Cc1c(C)nn(C)c1N. The lowest BCUT2D eigenvalue weighted by molar-refractivity contribution is 0.234. The van der Waals surface area contributed by atoms with Crippen molar-refractivity contribution in [3.05, 3.63) is 11.3 Å². The van der Waals surface area contributed by atoms with Gasteiger partial charge in [-0.05, 0) is 34.0 Å². The van der Waals surface area contributed by atoms with E-state index in [4.69, 9.17) is 5.73 Å². The van der Waals surface area contributed by atoms with E-state index in [1.54, 1.807) is 4.68 Å². The third-order valence-electron chi connectivity index (χ3n) is 3.18. The molecule has 1 aromatic heterocycles. The summed E-state index contributed by atoms with van der Waals surface area (Å²) in [6.45, 7) is 8.37. The molecule has 0 atom stereocenters. The zero-order valence-electron chi connectivity index (χ0n) is 12.4. The topological polar surface area (TPSA) is 50.3 Å². The number of hydrogen-bond acceptors (Lipinski definition) is 4. The fraction of sp³-hybridized carbons (Fsp3) is 0.769. The van der Waals surface area contributed by atoms with E-state index in [-0.39, 0.29) is 0 Å². The Balaban J connectivity index is 2.70. The van der Waals surface area contributed by atoms with Crippen molar-refractivity contribution in [1.82, 2.24) is 19.6 Å². The molecule has 0 saturated carbocycles. The van der Waals surface area contributed by atoms with Crippen molar-refractivity contribution >= 4 is 5.82 Å². The van der Waals surface area contributed by atoms with Gasteiger partial charge in [-0.15, -0.1) is 0 Å². The van der Waals surface area contributed by atoms with Crippen molar-refractivity contribution in [1.29, 1.82) is 0 Å². The van der Waals surface area contributed by atoms with Crippen LogP contribution in [-0.4, -0.2) is 53.3 Å². The third-order valence-corrected chi connectivity index (χ3v) is 3.18. The molecule has 104 valence electrons. The number of anilines is 1. The lowest BCUT2D eigenvalue weighted by Gasteiger charge is -2.23. The number of nitrogens with two attached hydrogens (primary N) is 1. The largest absolute Gasteiger partial charge is 0.384 e. The predicted molar refractivity (Wildman–Crippen MR) is 76.5 cm³/mol. The first-order valence-electron chi connectivity index (χ1n) is 6.60. The Bertz CT molecular complexity index is 370. The molecule has 0 unspecified atom stereocenters. The average molecular weight is 253 g/mol. The lowest BCUT2D eigenvalue weighted by Crippen LogP contribution is -2.32. The summed E-state index contributed by atoms with van der Waals surface area (Å²) in [6.07, 6.45) is 1.16. The predicted octanol–water partition coefficient (Wildman–Crippen LogP) is 1.08. The molecule has 0 bridgehead atoms. The maximum Gasteiger partial charge on any atom is 0.126 e. The summed E-state index contributed by atoms with van der Waals surface area (Å²) in [5.41, 5.74) is 8.28. The average Bonchev–Trinajstić information content (AvgIpc) is 2.53. The van der Waals surface area contributed by atoms with Gasteiger partial charge < -0.3 is 10.6 Å². The molecular weight excluding hydrogens is 226 g/mol. The summed E-state index contributed by atoms with van der Waals surface area (Å²) in [6, 6.07) is 0. The van der Waals surface area contributed by atoms with E-state index in [0.29, 0.717) is 0 Å². The van der Waals surface area contributed by atoms with Crippen molar-refractivity contribution in [2.45, 2.75) is 26.8 Å². The number of nitrogen functional groups attached to an aromatic ring is 1. The molecule has 1 aromatic rings. The van der Waals surface area contributed by atoms with Crippen LogP contribution in [0, 0.1) is 6.92 Å². The van der Waals surface area contributed by atoms with E-state index in [1.807, 2.05) is 14.0 Å². The second-order valence-electron chi connectivity index (χ2n) is 5.15. The van der Waals surface area contributed by atoms with Crippen LogP contribution in [0.15, 0.2) is 0 Å². The molecule has 0 amide bonds. The highest BCUT2D eigenvalue weighted by molar-refractivity contribution is 5.42. The van der Waals surface area contributed by atoms with Gasteiger partial charge in [0.1, 0.15) is 5.82 Å². The molecule has 18 heavy (non-hydrogen) atoms. The van der Waals surface area contributed by atoms with E-state index >= 15 is 0 Å². The molecule has 1 rings (SSSR count). The first kappa shape index (κ1) is 15.0. The van der Waals surface area contributed by atoms with Gasteiger partial charge in [-0.3, -0.25) is 9.58 Å². The molecule has 0 aliphatic rings. The van der Waals surface area contributed by atoms with Gasteiger partial charge in [0.2, 0.25) is 0 Å². The van der Waals surface area contributed by atoms with Gasteiger partial charge >= 0.3 is 0 Å². The highest BCUT2D eigenvalue weighted by Gasteiger charge is 2.14. The van der Waals surface area contributed by atoms with E-state index in [0.717, 1.165) is 44.1 Å². The molecule has 0 aliphatic heterocycles. The van der Waals surface area contributed by atoms with Crippen LogP contribution in [0.3, 0.4) is 0 Å². The Morgan fingerprint density at radius 2 is 1.89 bits per heavy atom. The number of nitrogens with zero attached hydrogens (tertiary/aromatic N) is 4. The molecule has 0 spiro atoms. The van der Waals surface area contributed by atoms with Crippen LogP contribution in [0.5, 0.6) is 0 Å². The van der Waals surface area contributed by atoms with Crippen LogP contribution in [0.1, 0.15) is 24.6 Å². The molecule has 0 fully saturated rings. The van der Waals surface area contributed by atoms with Crippen molar-refractivity contribution in [2.24, 2.45) is 7.05 Å². The molecule has 2 N–H and O–H groups in total. The Morgan fingerprint density at radius 3 is 2.33 bits per heavy atom. The highest BCUT2D eigenvalue weighted by atomic mass is 15.3. The number of aryl methyl sites for hydroxylation is 2. The van der Waals surface area contributed by atoms with Crippen LogP contribution in [0.4, 0.5) is 5.82 Å². The minimum absolute atomic E-state index is 0.790. The van der Waals surface area contributed by atoms with Crippen LogP contribution < -0.4 is 5.73 Å². The second kappa shape index (κ2) is 6.75. The summed E-state index contributed by atoms with van der Waals surface area (Å²) >= 11 is 0. The summed E-state index contributed by atoms with van der Waals surface area (Å²) in [5.74, 6) is 0.790. The summed E-state index contributed by atoms with van der Waals surface area (Å²) in [4.78, 5) is 4.66. The van der Waals surface area contributed by atoms with E-state index < -0.39 is 0 Å². The zero-order chi connectivity index (χ0) is 13.7. The summed E-state index contributed by atoms with van der Waals surface area (Å²) in [5, 5.41) is 4.37. The monoisotopic (exact) mass is 253 g/mol. The molecule has 0 radical (unpaired) electrons. The van der Waals surface area contributed by atoms with Gasteiger partial charge in [0, 0.05) is 32.2 Å². The van der Waals surface area contributed by atoms with Crippen LogP contribution in [0.2, 0.25) is 0 Å². The number of likely N-dealkylation sites (N-methyl/N-ethyl adjacent to an activating group) is 1. The minimum Gasteiger partial charge on any atom is -0.384 e. The smallest absolute Gasteiger partial charge is 0.126 e. The Morgan fingerprint density at radius 1 is 1.22 bits per heavy atom. The van der Waals surface area contributed by atoms with Gasteiger partial charge in [-0.25, -0.2) is 0 Å². The standard InChI is InChI=1S/C13H27N5/c1-6-7-18(9-8-16(3)4)10-12-11(2)15-17(5)13(12)14/h6-10,14H2,1-5H3. The molecule has 0 saturated heterocycles. The van der Waals surface area contributed by atoms with E-state index in [9.17, 15) is 0 Å². The molecule has 0 aliphatic carbocycles. The number of aromatic nitrogens is 2. The Kier molecular flexibility index (Phi) is 5.62. The fourth-order valence-electron chi connectivity index (χ4n) is 2.07. The lowest BCUT2D eigenvalue weighted by atomic mass is 10.2. The van der Waals surface area contributed by atoms with Crippen LogP contribution in [0.25, 0.3) is 0 Å². The summed E-state index contributed by atoms with van der Waals surface area (Å²) < 4.78 is 1.76. The normalized spacial score (nSPS) is 11.7. The summed E-state index contributed by atoms with van der Waals surface area (Å²) in [7, 11) is 6.11. The first-order valence-corrected chi connectivity index (χ1v) is 6.60. The first-order chi connectivity index (χ1) is 8.45. The molecular formula is C13H27N5. The van der Waals surface area contributed by atoms with Crippen molar-refractivity contribution < 1.29 is 0 Å². The quantitative estimate of drug-likeness (QED) is 0.790. The fourth-order valence-corrected chi connectivity index (χ4v) is 2.07. The second-order valence-corrected chi connectivity index (χ2v) is 5.15. The number of hydrogen-bond donors (Lipinski definition) is 1. The maximum atomic E-state index is 6.07. The molecule has 1 heterocycles. The Labute approximate surface area is 111 Å². The van der Waals surface area contributed by atoms with Gasteiger partial charge in [-0.1, -0.05) is 6.92 Å². The van der Waals surface area contributed by atoms with Crippen LogP contribution in [-0.2, 0) is 13.6 Å². The van der Waals surface area contributed by atoms with E-state index in [1.165, 1.54) is 5.56 Å². The molecule has 5 heteroatoms. The van der Waals surface area contributed by atoms with Crippen LogP contribution >= 0.6 is 0 Å². The maximum absolute atomic E-state index is 6.07. The van der Waals surface area contributed by atoms with Gasteiger partial charge in [-0.2, -0.15) is 5.10 Å². The van der Waals surface area contributed by atoms with Crippen molar-refractivity contribution in [3.63, 3.8) is 0 Å². The molecule has 5 nitrogen and oxygen atoms in total. The Hall–Kier alpha value is -1.07. The van der Waals surface area contributed by atoms with Crippen molar-refractivity contribution in [3.8, 4) is 0 Å². The van der Waals surface area contributed by atoms with Gasteiger partial charge in [0.25, 0.3) is 0 Å².